The zero-order chi connectivity index (χ0) is 18.3. The Morgan fingerprint density at radius 2 is 2.08 bits per heavy atom. The van der Waals surface area contributed by atoms with Gasteiger partial charge in [-0.15, -0.1) is 11.3 Å². The molecule has 0 aliphatic carbocycles. The second-order valence-electron chi connectivity index (χ2n) is 5.88. The molecule has 2 aromatic rings. The first-order valence-electron chi connectivity index (χ1n) is 8.12. The number of nitrogens with one attached hydrogen (secondary N) is 1. The summed E-state index contributed by atoms with van der Waals surface area (Å²) < 4.78 is 41.6. The molecule has 1 N–H and O–H groups in total. The van der Waals surface area contributed by atoms with Gasteiger partial charge >= 0.3 is 6.18 Å². The van der Waals surface area contributed by atoms with Crippen LogP contribution in [-0.2, 0) is 16.0 Å². The van der Waals surface area contributed by atoms with E-state index in [1.165, 1.54) is 0 Å². The fourth-order valence-corrected chi connectivity index (χ4v) is 3.34. The van der Waals surface area contributed by atoms with Crippen LogP contribution in [0.4, 0.5) is 13.2 Å². The number of halogens is 3. The molecule has 4 nitrogen and oxygen atoms in total. The number of rotatable bonds is 9. The van der Waals surface area contributed by atoms with Gasteiger partial charge in [0.1, 0.15) is 6.61 Å². The number of thiazole rings is 1. The third-order valence-corrected chi connectivity index (χ3v) is 4.52. The average Bonchev–Trinajstić information content (AvgIpc) is 2.93. The van der Waals surface area contributed by atoms with E-state index < -0.39 is 18.8 Å². The van der Waals surface area contributed by atoms with Gasteiger partial charge in [0.05, 0.1) is 21.8 Å². The number of aromatic nitrogens is 1. The van der Waals surface area contributed by atoms with E-state index in [4.69, 9.17) is 0 Å². The first-order valence-corrected chi connectivity index (χ1v) is 8.93. The summed E-state index contributed by atoms with van der Waals surface area (Å²) in [5.74, 6) is -0.174. The third kappa shape index (κ3) is 7.39. The highest BCUT2D eigenvalue weighted by Gasteiger charge is 2.27. The monoisotopic (exact) mass is 374 g/mol. The van der Waals surface area contributed by atoms with Crippen molar-refractivity contribution < 1.29 is 22.7 Å². The number of aryl methyl sites for hydroxylation is 1. The lowest BCUT2D eigenvalue weighted by atomic mass is 10.2. The molecule has 0 radical (unpaired) electrons. The highest BCUT2D eigenvalue weighted by atomic mass is 32.1. The molecule has 0 saturated carbocycles. The Labute approximate surface area is 148 Å². The highest BCUT2D eigenvalue weighted by Crippen LogP contribution is 2.22. The molecule has 1 heterocycles. The van der Waals surface area contributed by atoms with Crippen molar-refractivity contribution >= 4 is 27.5 Å². The van der Waals surface area contributed by atoms with E-state index in [9.17, 15) is 18.0 Å². The molecule has 1 aromatic heterocycles. The summed E-state index contributed by atoms with van der Waals surface area (Å²) in [4.78, 5) is 16.3. The van der Waals surface area contributed by atoms with Gasteiger partial charge in [-0.2, -0.15) is 13.2 Å². The molecule has 0 fully saturated rings. The van der Waals surface area contributed by atoms with Crippen LogP contribution in [0.1, 0.15) is 31.2 Å². The van der Waals surface area contributed by atoms with E-state index in [0.717, 1.165) is 28.1 Å². The van der Waals surface area contributed by atoms with Crippen LogP contribution < -0.4 is 5.32 Å². The highest BCUT2D eigenvalue weighted by molar-refractivity contribution is 7.18. The molecule has 8 heteroatoms. The standard InChI is InChI=1S/C17H21F3N2O2S/c1-12(10-24-11-17(18,19)20)21-15(23)8-4-5-9-16-22-13-6-2-3-7-14(13)25-16/h2-3,6-7,12H,4-5,8-11H2,1H3,(H,21,23). The molecule has 0 spiro atoms. The van der Waals surface area contributed by atoms with Crippen LogP contribution in [0, 0.1) is 0 Å². The zero-order valence-electron chi connectivity index (χ0n) is 13.9. The largest absolute Gasteiger partial charge is 0.411 e. The maximum atomic E-state index is 12.0. The van der Waals surface area contributed by atoms with Gasteiger partial charge in [0.15, 0.2) is 0 Å². The van der Waals surface area contributed by atoms with Gasteiger partial charge in [0.25, 0.3) is 0 Å². The van der Waals surface area contributed by atoms with Crippen LogP contribution in [0.5, 0.6) is 0 Å². The molecule has 1 amide bonds. The molecule has 1 unspecified atom stereocenters. The maximum Gasteiger partial charge on any atom is 0.411 e. The molecule has 1 atom stereocenters. The topological polar surface area (TPSA) is 51.2 Å². The summed E-state index contributed by atoms with van der Waals surface area (Å²) in [7, 11) is 0. The molecule has 1 aromatic carbocycles. The number of ether oxygens (including phenoxy) is 1. The van der Waals surface area contributed by atoms with Crippen molar-refractivity contribution in [3.05, 3.63) is 29.3 Å². The summed E-state index contributed by atoms with van der Waals surface area (Å²) in [5.41, 5.74) is 0.993. The Bertz CT molecular complexity index is 655. The van der Waals surface area contributed by atoms with Crippen LogP contribution in [0.2, 0.25) is 0 Å². The fraction of sp³-hybridized carbons (Fsp3) is 0.529. The number of carbonyl (C=O) groups excluding carboxylic acids is 1. The molecule has 0 aliphatic heterocycles. The van der Waals surface area contributed by atoms with Crippen molar-refractivity contribution in [2.75, 3.05) is 13.2 Å². The predicted octanol–water partition coefficient (Wildman–Crippen LogP) is 4.09. The number of amides is 1. The van der Waals surface area contributed by atoms with Crippen LogP contribution in [0.3, 0.4) is 0 Å². The molecule has 0 bridgehead atoms. The Morgan fingerprint density at radius 1 is 1.32 bits per heavy atom. The van der Waals surface area contributed by atoms with Gasteiger partial charge in [-0.3, -0.25) is 4.79 Å². The first kappa shape index (κ1) is 19.7. The van der Waals surface area contributed by atoms with E-state index >= 15 is 0 Å². The first-order chi connectivity index (χ1) is 11.8. The molecule has 0 saturated heterocycles. The van der Waals surface area contributed by atoms with Gasteiger partial charge < -0.3 is 10.1 Å². The van der Waals surface area contributed by atoms with E-state index in [1.807, 2.05) is 24.3 Å². The number of nitrogens with zero attached hydrogens (tertiary/aromatic N) is 1. The normalized spacial score (nSPS) is 13.1. The number of carbonyl (C=O) groups is 1. The Hall–Kier alpha value is -1.67. The van der Waals surface area contributed by atoms with E-state index in [1.54, 1.807) is 18.3 Å². The number of benzene rings is 1. The van der Waals surface area contributed by atoms with Crippen LogP contribution in [-0.4, -0.2) is 36.3 Å². The van der Waals surface area contributed by atoms with E-state index in [2.05, 4.69) is 15.0 Å². The number of unbranched alkanes of at least 4 members (excludes halogenated alkanes) is 1. The summed E-state index contributed by atoms with van der Waals surface area (Å²) in [5, 5.41) is 3.69. The summed E-state index contributed by atoms with van der Waals surface area (Å²) in [6.45, 7) is 0.168. The van der Waals surface area contributed by atoms with Crippen molar-refractivity contribution in [2.24, 2.45) is 0 Å². The van der Waals surface area contributed by atoms with Gasteiger partial charge in [0, 0.05) is 12.5 Å². The molecule has 2 rings (SSSR count). The molecule has 0 aliphatic rings. The number of hydrogen-bond donors (Lipinski definition) is 1. The SMILES string of the molecule is CC(COCC(F)(F)F)NC(=O)CCCCc1nc2ccccc2s1. The summed E-state index contributed by atoms with van der Waals surface area (Å²) in [6.07, 6.45) is -1.64. The fourth-order valence-electron chi connectivity index (χ4n) is 2.33. The van der Waals surface area contributed by atoms with Gasteiger partial charge in [-0.25, -0.2) is 4.98 Å². The quantitative estimate of drug-likeness (QED) is 0.673. The van der Waals surface area contributed by atoms with Crippen molar-refractivity contribution in [1.29, 1.82) is 0 Å². The Morgan fingerprint density at radius 3 is 2.80 bits per heavy atom. The lowest BCUT2D eigenvalue weighted by Crippen LogP contribution is -2.36. The van der Waals surface area contributed by atoms with E-state index in [-0.39, 0.29) is 12.5 Å². The summed E-state index contributed by atoms with van der Waals surface area (Å²) in [6, 6.07) is 7.50. The Balaban J connectivity index is 1.60. The molecule has 25 heavy (non-hydrogen) atoms. The average molecular weight is 374 g/mol. The third-order valence-electron chi connectivity index (χ3n) is 3.42. The van der Waals surface area contributed by atoms with Crippen molar-refractivity contribution in [2.45, 2.75) is 44.8 Å². The zero-order valence-corrected chi connectivity index (χ0v) is 14.8. The Kier molecular flexibility index (Phi) is 7.19. The minimum Gasteiger partial charge on any atom is -0.370 e. The summed E-state index contributed by atoms with van der Waals surface area (Å²) >= 11 is 1.66. The molecular formula is C17H21F3N2O2S. The van der Waals surface area contributed by atoms with Crippen LogP contribution in [0.15, 0.2) is 24.3 Å². The smallest absolute Gasteiger partial charge is 0.370 e. The molecule has 138 valence electrons. The predicted molar refractivity (Wildman–Crippen MR) is 91.7 cm³/mol. The van der Waals surface area contributed by atoms with Gasteiger partial charge in [-0.1, -0.05) is 12.1 Å². The van der Waals surface area contributed by atoms with E-state index in [0.29, 0.717) is 12.8 Å². The van der Waals surface area contributed by atoms with Gasteiger partial charge in [0.2, 0.25) is 5.91 Å². The lowest BCUT2D eigenvalue weighted by molar-refractivity contribution is -0.175. The van der Waals surface area contributed by atoms with Crippen molar-refractivity contribution in [3.8, 4) is 0 Å². The van der Waals surface area contributed by atoms with Crippen LogP contribution >= 0.6 is 11.3 Å². The minimum atomic E-state index is -4.34. The van der Waals surface area contributed by atoms with Crippen molar-refractivity contribution in [1.82, 2.24) is 10.3 Å². The number of fused-ring (bicyclic) bond motifs is 1. The minimum absolute atomic E-state index is 0.156. The number of hydrogen-bond acceptors (Lipinski definition) is 4. The van der Waals surface area contributed by atoms with Crippen LogP contribution in [0.25, 0.3) is 10.2 Å². The number of para-hydroxylation sites is 1. The van der Waals surface area contributed by atoms with Gasteiger partial charge in [-0.05, 0) is 38.3 Å². The van der Waals surface area contributed by atoms with Crippen molar-refractivity contribution in [3.63, 3.8) is 0 Å². The lowest BCUT2D eigenvalue weighted by Gasteiger charge is -2.15. The number of alkyl halides is 3. The second kappa shape index (κ2) is 9.15. The maximum absolute atomic E-state index is 12.0. The second-order valence-corrected chi connectivity index (χ2v) is 7.00. The molecular weight excluding hydrogens is 353 g/mol.